The standard InChI is InChI=1S/C24H26N2O5S/c1-16-5-10-20(11-6-16)26-32(28,29)23-14-19(9-12-21(23)30-3)24(27)25-15-18-8-7-17(2)22(13-18)31-4/h5-14,26H,15H2,1-4H3,(H,25,27). The van der Waals surface area contributed by atoms with Crippen molar-refractivity contribution in [2.75, 3.05) is 18.9 Å². The highest BCUT2D eigenvalue weighted by Gasteiger charge is 2.22. The molecule has 0 aliphatic rings. The molecule has 168 valence electrons. The molecule has 2 N–H and O–H groups in total. The van der Waals surface area contributed by atoms with Crippen molar-refractivity contribution in [3.63, 3.8) is 0 Å². The van der Waals surface area contributed by atoms with Gasteiger partial charge in [0.1, 0.15) is 16.4 Å². The Morgan fingerprint density at radius 1 is 0.875 bits per heavy atom. The van der Waals surface area contributed by atoms with Gasteiger partial charge in [0.25, 0.3) is 15.9 Å². The summed E-state index contributed by atoms with van der Waals surface area (Å²) in [6.07, 6.45) is 0. The Bertz CT molecular complexity index is 1220. The van der Waals surface area contributed by atoms with Crippen LogP contribution >= 0.6 is 0 Å². The molecule has 1 amide bonds. The van der Waals surface area contributed by atoms with E-state index in [0.29, 0.717) is 5.69 Å². The van der Waals surface area contributed by atoms with Crippen LogP contribution in [0.4, 0.5) is 5.69 Å². The Balaban J connectivity index is 1.81. The molecular weight excluding hydrogens is 428 g/mol. The zero-order valence-electron chi connectivity index (χ0n) is 18.4. The molecule has 0 fully saturated rings. The van der Waals surface area contributed by atoms with Crippen LogP contribution in [0.25, 0.3) is 0 Å². The minimum absolute atomic E-state index is 0.120. The third-order valence-corrected chi connectivity index (χ3v) is 6.35. The molecule has 3 aromatic rings. The number of anilines is 1. The minimum atomic E-state index is -3.98. The quantitative estimate of drug-likeness (QED) is 0.536. The molecule has 32 heavy (non-hydrogen) atoms. The molecule has 8 heteroatoms. The van der Waals surface area contributed by atoms with Crippen LogP contribution in [-0.2, 0) is 16.6 Å². The number of hydrogen-bond donors (Lipinski definition) is 2. The third kappa shape index (κ3) is 5.39. The van der Waals surface area contributed by atoms with E-state index in [9.17, 15) is 13.2 Å². The van der Waals surface area contributed by atoms with Crippen molar-refractivity contribution in [1.82, 2.24) is 5.32 Å². The van der Waals surface area contributed by atoms with Crippen molar-refractivity contribution < 1.29 is 22.7 Å². The highest BCUT2D eigenvalue weighted by molar-refractivity contribution is 7.92. The molecule has 0 spiro atoms. The minimum Gasteiger partial charge on any atom is -0.496 e. The van der Waals surface area contributed by atoms with E-state index in [2.05, 4.69) is 10.0 Å². The number of carbonyl (C=O) groups is 1. The lowest BCUT2D eigenvalue weighted by molar-refractivity contribution is 0.0950. The predicted octanol–water partition coefficient (Wildman–Crippen LogP) is 4.05. The van der Waals surface area contributed by atoms with Crippen LogP contribution in [0.3, 0.4) is 0 Å². The number of amides is 1. The Hall–Kier alpha value is -3.52. The van der Waals surface area contributed by atoms with Gasteiger partial charge < -0.3 is 14.8 Å². The summed E-state index contributed by atoms with van der Waals surface area (Å²) in [4.78, 5) is 12.6. The van der Waals surface area contributed by atoms with Gasteiger partial charge in [0.05, 0.1) is 14.2 Å². The lowest BCUT2D eigenvalue weighted by atomic mass is 10.1. The lowest BCUT2D eigenvalue weighted by Gasteiger charge is -2.14. The fourth-order valence-corrected chi connectivity index (χ4v) is 4.37. The number of methoxy groups -OCH3 is 2. The van der Waals surface area contributed by atoms with Crippen LogP contribution in [0.1, 0.15) is 27.0 Å². The summed E-state index contributed by atoms with van der Waals surface area (Å²) in [7, 11) is -1.01. The summed E-state index contributed by atoms with van der Waals surface area (Å²) in [5, 5.41) is 2.81. The van der Waals surface area contributed by atoms with Gasteiger partial charge in [-0.25, -0.2) is 8.42 Å². The number of rotatable bonds is 8. The molecule has 0 saturated carbocycles. The van der Waals surface area contributed by atoms with E-state index < -0.39 is 15.9 Å². The maximum atomic E-state index is 13.0. The lowest BCUT2D eigenvalue weighted by Crippen LogP contribution is -2.23. The average molecular weight is 455 g/mol. The van der Waals surface area contributed by atoms with Crippen LogP contribution in [0.15, 0.2) is 65.6 Å². The van der Waals surface area contributed by atoms with Gasteiger partial charge in [0.2, 0.25) is 0 Å². The molecule has 7 nitrogen and oxygen atoms in total. The van der Waals surface area contributed by atoms with E-state index in [1.165, 1.54) is 25.3 Å². The molecule has 0 atom stereocenters. The number of hydrogen-bond acceptors (Lipinski definition) is 5. The van der Waals surface area contributed by atoms with Crippen LogP contribution in [0.2, 0.25) is 0 Å². The molecule has 0 radical (unpaired) electrons. The van der Waals surface area contributed by atoms with Gasteiger partial charge >= 0.3 is 0 Å². The topological polar surface area (TPSA) is 93.7 Å². The normalized spacial score (nSPS) is 11.0. The molecule has 3 aromatic carbocycles. The summed E-state index contributed by atoms with van der Waals surface area (Å²) in [5.74, 6) is 0.472. The van der Waals surface area contributed by atoms with E-state index in [1.807, 2.05) is 32.0 Å². The van der Waals surface area contributed by atoms with Gasteiger partial charge in [-0.05, 0) is 61.4 Å². The molecule has 0 aliphatic heterocycles. The van der Waals surface area contributed by atoms with Crippen molar-refractivity contribution in [2.24, 2.45) is 0 Å². The van der Waals surface area contributed by atoms with Gasteiger partial charge in [0, 0.05) is 17.8 Å². The van der Waals surface area contributed by atoms with Gasteiger partial charge in [-0.1, -0.05) is 29.8 Å². The summed E-state index contributed by atoms with van der Waals surface area (Å²) in [6.45, 7) is 4.12. The number of carbonyl (C=O) groups excluding carboxylic acids is 1. The van der Waals surface area contributed by atoms with Crippen LogP contribution < -0.4 is 19.5 Å². The zero-order valence-corrected chi connectivity index (χ0v) is 19.2. The van der Waals surface area contributed by atoms with Crippen molar-refractivity contribution in [2.45, 2.75) is 25.3 Å². The largest absolute Gasteiger partial charge is 0.496 e. The van der Waals surface area contributed by atoms with Crippen molar-refractivity contribution in [3.8, 4) is 11.5 Å². The van der Waals surface area contributed by atoms with E-state index in [1.54, 1.807) is 31.4 Å². The highest BCUT2D eigenvalue weighted by atomic mass is 32.2. The monoisotopic (exact) mass is 454 g/mol. The number of nitrogens with one attached hydrogen (secondary N) is 2. The maximum absolute atomic E-state index is 13.0. The molecule has 0 heterocycles. The van der Waals surface area contributed by atoms with Gasteiger partial charge in [-0.2, -0.15) is 0 Å². The van der Waals surface area contributed by atoms with E-state index in [4.69, 9.17) is 9.47 Å². The Morgan fingerprint density at radius 2 is 1.56 bits per heavy atom. The molecule has 0 saturated heterocycles. The van der Waals surface area contributed by atoms with E-state index in [-0.39, 0.29) is 22.8 Å². The van der Waals surface area contributed by atoms with Crippen LogP contribution in [0, 0.1) is 13.8 Å². The molecule has 0 unspecified atom stereocenters. The summed E-state index contributed by atoms with van der Waals surface area (Å²) >= 11 is 0. The second kappa shape index (κ2) is 9.74. The first-order valence-electron chi connectivity index (χ1n) is 9.92. The Labute approximate surface area is 188 Å². The smallest absolute Gasteiger partial charge is 0.265 e. The van der Waals surface area contributed by atoms with Crippen molar-refractivity contribution >= 4 is 21.6 Å². The van der Waals surface area contributed by atoms with Crippen LogP contribution in [0.5, 0.6) is 11.5 Å². The summed E-state index contributed by atoms with van der Waals surface area (Å²) < 4.78 is 39.0. The van der Waals surface area contributed by atoms with Gasteiger partial charge in [-0.3, -0.25) is 9.52 Å². The number of ether oxygens (including phenoxy) is 2. The third-order valence-electron chi connectivity index (χ3n) is 4.94. The molecular formula is C24H26N2O5S. The maximum Gasteiger partial charge on any atom is 0.265 e. The predicted molar refractivity (Wildman–Crippen MR) is 124 cm³/mol. The van der Waals surface area contributed by atoms with Crippen molar-refractivity contribution in [3.05, 3.63) is 82.9 Å². The van der Waals surface area contributed by atoms with Crippen molar-refractivity contribution in [1.29, 1.82) is 0 Å². The Morgan fingerprint density at radius 3 is 2.22 bits per heavy atom. The first-order chi connectivity index (χ1) is 15.2. The number of sulfonamides is 1. The molecule has 0 aliphatic carbocycles. The molecule has 0 aromatic heterocycles. The fourth-order valence-electron chi connectivity index (χ4n) is 3.12. The SMILES string of the molecule is COc1cc(CNC(=O)c2ccc(OC)c(S(=O)(=O)Nc3ccc(C)cc3)c2)ccc1C. The second-order valence-electron chi connectivity index (χ2n) is 7.32. The first-order valence-corrected chi connectivity index (χ1v) is 11.4. The van der Waals surface area contributed by atoms with Gasteiger partial charge in [0.15, 0.2) is 0 Å². The number of benzene rings is 3. The molecule has 3 rings (SSSR count). The van der Waals surface area contributed by atoms with E-state index >= 15 is 0 Å². The fraction of sp³-hybridized carbons (Fsp3) is 0.208. The highest BCUT2D eigenvalue weighted by Crippen LogP contribution is 2.27. The van der Waals surface area contributed by atoms with Gasteiger partial charge in [-0.15, -0.1) is 0 Å². The summed E-state index contributed by atoms with van der Waals surface area (Å²) in [6, 6.07) is 16.9. The zero-order chi connectivity index (χ0) is 23.3. The average Bonchev–Trinajstić information content (AvgIpc) is 2.79. The second-order valence-corrected chi connectivity index (χ2v) is 8.97. The van der Waals surface area contributed by atoms with E-state index in [0.717, 1.165) is 22.4 Å². The summed E-state index contributed by atoms with van der Waals surface area (Å²) in [5.41, 5.74) is 3.49. The Kier molecular flexibility index (Phi) is 7.05. The first kappa shape index (κ1) is 23.1. The van der Waals surface area contributed by atoms with Crippen LogP contribution in [-0.4, -0.2) is 28.5 Å². The molecule has 0 bridgehead atoms. The number of aryl methyl sites for hydroxylation is 2.